The minimum atomic E-state index is -0.308. The zero-order valence-corrected chi connectivity index (χ0v) is 10.5. The van der Waals surface area contributed by atoms with Gasteiger partial charge in [-0.25, -0.2) is 0 Å². The van der Waals surface area contributed by atoms with Crippen molar-refractivity contribution >= 4 is 11.6 Å². The van der Waals surface area contributed by atoms with Crippen LogP contribution < -0.4 is 4.90 Å². The summed E-state index contributed by atoms with van der Waals surface area (Å²) < 4.78 is 0. The highest BCUT2D eigenvalue weighted by Crippen LogP contribution is 2.35. The smallest absolute Gasteiger partial charge is 0.232 e. The number of anilines is 1. The molecule has 0 bridgehead atoms. The number of nitrogens with zero attached hydrogens (tertiary/aromatic N) is 1. The van der Waals surface area contributed by atoms with Gasteiger partial charge >= 0.3 is 0 Å². The Morgan fingerprint density at radius 1 is 1.05 bits per heavy atom. The van der Waals surface area contributed by atoms with Crippen LogP contribution in [0.5, 0.6) is 0 Å². The summed E-state index contributed by atoms with van der Waals surface area (Å²) in [6, 6.07) is 17.1. The molecule has 0 saturated heterocycles. The third kappa shape index (κ3) is 2.02. The van der Waals surface area contributed by atoms with E-state index in [0.717, 1.165) is 16.8 Å². The van der Waals surface area contributed by atoms with Gasteiger partial charge < -0.3 is 10.0 Å². The number of aliphatic hydroxyl groups is 1. The summed E-state index contributed by atoms with van der Waals surface area (Å²) in [6.45, 7) is -0.0793. The maximum Gasteiger partial charge on any atom is 0.232 e. The van der Waals surface area contributed by atoms with Gasteiger partial charge in [-0.15, -0.1) is 0 Å². The lowest BCUT2D eigenvalue weighted by atomic mass is 10.1. The number of hydrogen-bond acceptors (Lipinski definition) is 2. The quantitative estimate of drug-likeness (QED) is 0.912. The molecule has 0 aliphatic carbocycles. The van der Waals surface area contributed by atoms with Gasteiger partial charge in [0.1, 0.15) is 0 Å². The molecule has 1 aliphatic heterocycles. The molecule has 1 unspecified atom stereocenters. The molecule has 1 heterocycles. The first-order valence-electron chi connectivity index (χ1n) is 6.37. The van der Waals surface area contributed by atoms with E-state index in [1.807, 2.05) is 54.6 Å². The van der Waals surface area contributed by atoms with E-state index < -0.39 is 0 Å². The van der Waals surface area contributed by atoms with Gasteiger partial charge in [0.05, 0.1) is 19.1 Å². The van der Waals surface area contributed by atoms with E-state index >= 15 is 0 Å². The first kappa shape index (κ1) is 11.9. The predicted molar refractivity (Wildman–Crippen MR) is 73.9 cm³/mol. The third-order valence-corrected chi connectivity index (χ3v) is 3.53. The average molecular weight is 253 g/mol. The Hall–Kier alpha value is -2.13. The Morgan fingerprint density at radius 2 is 1.74 bits per heavy atom. The molecule has 3 rings (SSSR count). The fraction of sp³-hybridized carbons (Fsp3) is 0.188. The van der Waals surface area contributed by atoms with Crippen LogP contribution in [0.1, 0.15) is 17.2 Å². The summed E-state index contributed by atoms with van der Waals surface area (Å²) in [5.74, 6) is 0.0455. The van der Waals surface area contributed by atoms with Gasteiger partial charge in [-0.2, -0.15) is 0 Å². The maximum atomic E-state index is 12.2. The highest BCUT2D eigenvalue weighted by molar-refractivity contribution is 6.02. The largest absolute Gasteiger partial charge is 0.394 e. The van der Waals surface area contributed by atoms with Crippen molar-refractivity contribution in [3.63, 3.8) is 0 Å². The Kier molecular flexibility index (Phi) is 3.05. The molecule has 3 nitrogen and oxygen atoms in total. The van der Waals surface area contributed by atoms with Gasteiger partial charge in [-0.3, -0.25) is 4.79 Å². The lowest BCUT2D eigenvalue weighted by Crippen LogP contribution is -2.33. The van der Waals surface area contributed by atoms with Gasteiger partial charge in [-0.1, -0.05) is 48.5 Å². The number of carbonyl (C=O) groups is 1. The van der Waals surface area contributed by atoms with E-state index in [4.69, 9.17) is 0 Å². The molecule has 0 saturated carbocycles. The zero-order valence-electron chi connectivity index (χ0n) is 10.5. The van der Waals surface area contributed by atoms with Crippen molar-refractivity contribution < 1.29 is 9.90 Å². The highest BCUT2D eigenvalue weighted by Gasteiger charge is 2.33. The zero-order chi connectivity index (χ0) is 13.2. The lowest BCUT2D eigenvalue weighted by molar-refractivity contribution is -0.118. The first-order valence-corrected chi connectivity index (χ1v) is 6.37. The fourth-order valence-electron chi connectivity index (χ4n) is 2.63. The molecule has 96 valence electrons. The maximum absolute atomic E-state index is 12.2. The SMILES string of the molecule is O=C1Cc2ccccc2N1C(CO)c1ccccc1. The van der Waals surface area contributed by atoms with Crippen LogP contribution in [0.2, 0.25) is 0 Å². The van der Waals surface area contributed by atoms with Gasteiger partial charge in [0.2, 0.25) is 5.91 Å². The van der Waals surface area contributed by atoms with Crippen LogP contribution in [0.4, 0.5) is 5.69 Å². The average Bonchev–Trinajstić information content (AvgIpc) is 2.78. The number of amides is 1. The predicted octanol–water partition coefficient (Wildman–Crippen LogP) is 2.31. The van der Waals surface area contributed by atoms with Crippen molar-refractivity contribution in [1.29, 1.82) is 0 Å². The second kappa shape index (κ2) is 4.86. The van der Waals surface area contributed by atoms with Gasteiger partial charge in [0, 0.05) is 5.69 Å². The second-order valence-corrected chi connectivity index (χ2v) is 4.68. The minimum absolute atomic E-state index is 0.0455. The number of carbonyl (C=O) groups excluding carboxylic acids is 1. The molecular weight excluding hydrogens is 238 g/mol. The van der Waals surface area contributed by atoms with Crippen LogP contribution in [-0.4, -0.2) is 17.6 Å². The number of aliphatic hydroxyl groups excluding tert-OH is 1. The van der Waals surface area contributed by atoms with E-state index in [1.165, 1.54) is 0 Å². The lowest BCUT2D eigenvalue weighted by Gasteiger charge is -2.27. The normalized spacial score (nSPS) is 15.4. The number of hydrogen-bond donors (Lipinski definition) is 1. The fourth-order valence-corrected chi connectivity index (χ4v) is 2.63. The highest BCUT2D eigenvalue weighted by atomic mass is 16.3. The number of fused-ring (bicyclic) bond motifs is 1. The van der Waals surface area contributed by atoms with E-state index in [0.29, 0.717) is 6.42 Å². The van der Waals surface area contributed by atoms with Crippen LogP contribution in [0.15, 0.2) is 54.6 Å². The number of rotatable bonds is 3. The third-order valence-electron chi connectivity index (χ3n) is 3.53. The summed E-state index contributed by atoms with van der Waals surface area (Å²) in [5, 5.41) is 9.69. The molecule has 2 aromatic carbocycles. The molecule has 1 aliphatic rings. The standard InChI is InChI=1S/C16H15NO2/c18-11-15(12-6-2-1-3-7-12)17-14-9-5-4-8-13(14)10-16(17)19/h1-9,15,18H,10-11H2. The molecule has 0 fully saturated rings. The van der Waals surface area contributed by atoms with Crippen LogP contribution in [0.25, 0.3) is 0 Å². The van der Waals surface area contributed by atoms with Crippen LogP contribution in [-0.2, 0) is 11.2 Å². The summed E-state index contributed by atoms with van der Waals surface area (Å²) in [7, 11) is 0. The van der Waals surface area contributed by atoms with Crippen LogP contribution in [0, 0.1) is 0 Å². The van der Waals surface area contributed by atoms with Crippen molar-refractivity contribution in [2.24, 2.45) is 0 Å². The molecular formula is C16H15NO2. The minimum Gasteiger partial charge on any atom is -0.394 e. The van der Waals surface area contributed by atoms with Crippen molar-refractivity contribution in [3.05, 3.63) is 65.7 Å². The van der Waals surface area contributed by atoms with Crippen molar-refractivity contribution in [2.45, 2.75) is 12.5 Å². The van der Waals surface area contributed by atoms with Crippen LogP contribution in [0.3, 0.4) is 0 Å². The van der Waals surface area contributed by atoms with Crippen molar-refractivity contribution in [3.8, 4) is 0 Å². The molecule has 3 heteroatoms. The Balaban J connectivity index is 2.03. The molecule has 1 amide bonds. The van der Waals surface area contributed by atoms with Crippen molar-refractivity contribution in [2.75, 3.05) is 11.5 Å². The summed E-state index contributed by atoms with van der Waals surface area (Å²) >= 11 is 0. The monoisotopic (exact) mass is 253 g/mol. The van der Waals surface area contributed by atoms with E-state index in [1.54, 1.807) is 4.90 Å². The molecule has 19 heavy (non-hydrogen) atoms. The topological polar surface area (TPSA) is 40.5 Å². The van der Waals surface area contributed by atoms with E-state index in [-0.39, 0.29) is 18.6 Å². The summed E-state index contributed by atoms with van der Waals surface area (Å²) in [5.41, 5.74) is 2.90. The van der Waals surface area contributed by atoms with Gasteiger partial charge in [0.25, 0.3) is 0 Å². The second-order valence-electron chi connectivity index (χ2n) is 4.68. The Morgan fingerprint density at radius 3 is 2.47 bits per heavy atom. The molecule has 0 aromatic heterocycles. The molecule has 1 N–H and O–H groups in total. The van der Waals surface area contributed by atoms with Crippen LogP contribution >= 0.6 is 0 Å². The first-order chi connectivity index (χ1) is 9.31. The Bertz CT molecular complexity index is 595. The summed E-state index contributed by atoms with van der Waals surface area (Å²) in [6.07, 6.45) is 0.416. The Labute approximate surface area is 112 Å². The molecule has 2 aromatic rings. The number of para-hydroxylation sites is 1. The van der Waals surface area contributed by atoms with E-state index in [9.17, 15) is 9.90 Å². The molecule has 0 radical (unpaired) electrons. The molecule has 1 atom stereocenters. The van der Waals surface area contributed by atoms with Crippen molar-refractivity contribution in [1.82, 2.24) is 0 Å². The van der Waals surface area contributed by atoms with E-state index in [2.05, 4.69) is 0 Å². The van der Waals surface area contributed by atoms with Gasteiger partial charge in [0.15, 0.2) is 0 Å². The molecule has 0 spiro atoms. The number of benzene rings is 2. The summed E-state index contributed by atoms with van der Waals surface area (Å²) in [4.78, 5) is 13.9. The van der Waals surface area contributed by atoms with Gasteiger partial charge in [-0.05, 0) is 17.2 Å².